The van der Waals surface area contributed by atoms with Gasteiger partial charge in [0.25, 0.3) is 0 Å². The van der Waals surface area contributed by atoms with Crippen molar-refractivity contribution in [3.05, 3.63) is 11.3 Å². The normalized spacial score (nSPS) is 31.0. The van der Waals surface area contributed by atoms with E-state index in [1.54, 1.807) is 0 Å². The lowest BCUT2D eigenvalue weighted by Gasteiger charge is -2.10. The van der Waals surface area contributed by atoms with Crippen molar-refractivity contribution in [2.45, 2.75) is 52.9 Å². The van der Waals surface area contributed by atoms with Crippen LogP contribution in [0.5, 0.6) is 0 Å². The fourth-order valence-corrected chi connectivity index (χ4v) is 3.69. The molecular weight excluding hydrogens is 274 g/mol. The molecule has 1 saturated carbocycles. The minimum atomic E-state index is -0.0114. The SMILES string of the molecule is C=N/C1=C(\C)CCC2C(CC1)C2CNC(=O)NCCC(C)C. The fourth-order valence-electron chi connectivity index (χ4n) is 3.69. The van der Waals surface area contributed by atoms with Crippen LogP contribution in [0.4, 0.5) is 4.79 Å². The molecule has 0 bridgehead atoms. The Balaban J connectivity index is 1.69. The molecule has 2 amide bonds. The molecule has 0 radical (unpaired) electrons. The van der Waals surface area contributed by atoms with Gasteiger partial charge in [0.05, 0.1) is 0 Å². The summed E-state index contributed by atoms with van der Waals surface area (Å²) >= 11 is 0. The van der Waals surface area contributed by atoms with Gasteiger partial charge in [0.2, 0.25) is 0 Å². The van der Waals surface area contributed by atoms with Gasteiger partial charge in [0, 0.05) is 18.8 Å². The second-order valence-corrected chi connectivity index (χ2v) is 7.27. The average Bonchev–Trinajstić information content (AvgIpc) is 3.12. The van der Waals surface area contributed by atoms with Gasteiger partial charge < -0.3 is 10.6 Å². The highest BCUT2D eigenvalue weighted by Gasteiger charge is 2.49. The molecule has 0 aromatic rings. The highest BCUT2D eigenvalue weighted by atomic mass is 16.2. The van der Waals surface area contributed by atoms with Crippen LogP contribution in [-0.2, 0) is 0 Å². The third-order valence-corrected chi connectivity index (χ3v) is 5.27. The Morgan fingerprint density at radius 1 is 1.27 bits per heavy atom. The van der Waals surface area contributed by atoms with Gasteiger partial charge in [-0.3, -0.25) is 4.99 Å². The van der Waals surface area contributed by atoms with Crippen LogP contribution in [0.25, 0.3) is 0 Å². The van der Waals surface area contributed by atoms with Gasteiger partial charge in [0.1, 0.15) is 0 Å². The molecule has 4 heteroatoms. The third kappa shape index (κ3) is 4.59. The summed E-state index contributed by atoms with van der Waals surface area (Å²) in [6, 6.07) is -0.0114. The first-order chi connectivity index (χ1) is 10.5. The summed E-state index contributed by atoms with van der Waals surface area (Å²) in [6.45, 7) is 11.8. The Morgan fingerprint density at radius 2 is 1.95 bits per heavy atom. The molecule has 0 spiro atoms. The molecule has 4 nitrogen and oxygen atoms in total. The number of urea groups is 1. The lowest BCUT2D eigenvalue weighted by Crippen LogP contribution is -2.37. The molecule has 0 aromatic carbocycles. The number of nitrogens with zero attached hydrogens (tertiary/aromatic N) is 1. The molecular formula is C18H31N3O. The van der Waals surface area contributed by atoms with E-state index in [0.29, 0.717) is 11.8 Å². The number of amides is 2. The maximum absolute atomic E-state index is 11.8. The van der Waals surface area contributed by atoms with E-state index in [1.165, 1.54) is 24.1 Å². The molecule has 2 aliphatic carbocycles. The standard InChI is InChI=1S/C18H31N3O/c1-12(2)9-10-20-18(22)21-11-16-14-6-5-13(3)17(19-4)8-7-15(14)16/h12,14-16H,4-11H2,1-3H3,(H2,20,21,22)/b17-13+. The Morgan fingerprint density at radius 3 is 2.59 bits per heavy atom. The quantitative estimate of drug-likeness (QED) is 0.722. The first-order valence-corrected chi connectivity index (χ1v) is 8.70. The zero-order valence-electron chi connectivity index (χ0n) is 14.3. The number of hydrogen-bond donors (Lipinski definition) is 2. The zero-order valence-corrected chi connectivity index (χ0v) is 14.3. The third-order valence-electron chi connectivity index (χ3n) is 5.27. The Kier molecular flexibility index (Phi) is 6.04. The molecule has 0 heterocycles. The highest BCUT2D eigenvalue weighted by molar-refractivity contribution is 5.73. The van der Waals surface area contributed by atoms with Gasteiger partial charge in [-0.15, -0.1) is 0 Å². The molecule has 0 aliphatic heterocycles. The Labute approximate surface area is 134 Å². The van der Waals surface area contributed by atoms with Crippen LogP contribution in [0.15, 0.2) is 16.3 Å². The van der Waals surface area contributed by atoms with Crippen LogP contribution in [0.1, 0.15) is 52.9 Å². The number of hydrogen-bond acceptors (Lipinski definition) is 2. The molecule has 0 aromatic heterocycles. The van der Waals surface area contributed by atoms with Gasteiger partial charge in [0.15, 0.2) is 0 Å². The first-order valence-electron chi connectivity index (χ1n) is 8.70. The molecule has 0 saturated heterocycles. The summed E-state index contributed by atoms with van der Waals surface area (Å²) in [4.78, 5) is 16.0. The molecule has 1 fully saturated rings. The van der Waals surface area contributed by atoms with E-state index in [0.717, 1.165) is 44.2 Å². The number of carbonyl (C=O) groups is 1. The summed E-state index contributed by atoms with van der Waals surface area (Å²) in [5.41, 5.74) is 2.60. The predicted molar refractivity (Wildman–Crippen MR) is 92.0 cm³/mol. The van der Waals surface area contributed by atoms with Crippen LogP contribution in [-0.4, -0.2) is 25.8 Å². The van der Waals surface area contributed by atoms with Crippen molar-refractivity contribution in [3.8, 4) is 0 Å². The molecule has 2 rings (SSSR count). The first kappa shape index (κ1) is 17.0. The minimum absolute atomic E-state index is 0.0114. The smallest absolute Gasteiger partial charge is 0.314 e. The van der Waals surface area contributed by atoms with Gasteiger partial charge in [-0.05, 0) is 69.4 Å². The van der Waals surface area contributed by atoms with Crippen LogP contribution in [0, 0.1) is 23.7 Å². The average molecular weight is 305 g/mol. The van der Waals surface area contributed by atoms with E-state index in [4.69, 9.17) is 0 Å². The zero-order chi connectivity index (χ0) is 16.1. The fraction of sp³-hybridized carbons (Fsp3) is 0.778. The second-order valence-electron chi connectivity index (χ2n) is 7.27. The molecule has 2 aliphatic rings. The number of fused-ring (bicyclic) bond motifs is 1. The minimum Gasteiger partial charge on any atom is -0.338 e. The van der Waals surface area contributed by atoms with Crippen molar-refractivity contribution in [1.82, 2.24) is 10.6 Å². The van der Waals surface area contributed by atoms with Gasteiger partial charge in [-0.2, -0.15) is 0 Å². The van der Waals surface area contributed by atoms with E-state index in [-0.39, 0.29) is 6.03 Å². The van der Waals surface area contributed by atoms with E-state index in [2.05, 4.69) is 43.1 Å². The van der Waals surface area contributed by atoms with Crippen molar-refractivity contribution in [2.75, 3.05) is 13.1 Å². The number of nitrogens with one attached hydrogen (secondary N) is 2. The van der Waals surface area contributed by atoms with E-state index < -0.39 is 0 Å². The summed E-state index contributed by atoms with van der Waals surface area (Å²) < 4.78 is 0. The maximum atomic E-state index is 11.8. The lowest BCUT2D eigenvalue weighted by atomic mass is 9.99. The van der Waals surface area contributed by atoms with Crippen LogP contribution >= 0.6 is 0 Å². The van der Waals surface area contributed by atoms with Gasteiger partial charge in [-0.1, -0.05) is 19.4 Å². The van der Waals surface area contributed by atoms with Crippen molar-refractivity contribution in [3.63, 3.8) is 0 Å². The molecule has 2 N–H and O–H groups in total. The molecule has 124 valence electrons. The lowest BCUT2D eigenvalue weighted by molar-refractivity contribution is 0.239. The summed E-state index contributed by atoms with van der Waals surface area (Å²) in [5, 5.41) is 6.00. The Hall–Kier alpha value is -1.32. The van der Waals surface area contributed by atoms with Crippen molar-refractivity contribution in [2.24, 2.45) is 28.7 Å². The van der Waals surface area contributed by atoms with E-state index in [1.807, 2.05) is 0 Å². The summed E-state index contributed by atoms with van der Waals surface area (Å²) in [5.74, 6) is 2.84. The Bertz CT molecular complexity index is 442. The molecule has 22 heavy (non-hydrogen) atoms. The highest BCUT2D eigenvalue weighted by Crippen LogP contribution is 2.53. The number of aliphatic imine (C=N–C) groups is 1. The number of carbonyl (C=O) groups excluding carboxylic acids is 1. The summed E-state index contributed by atoms with van der Waals surface area (Å²) in [7, 11) is 0. The van der Waals surface area contributed by atoms with E-state index >= 15 is 0 Å². The maximum Gasteiger partial charge on any atom is 0.314 e. The van der Waals surface area contributed by atoms with Crippen LogP contribution < -0.4 is 10.6 Å². The van der Waals surface area contributed by atoms with Crippen LogP contribution in [0.3, 0.4) is 0 Å². The summed E-state index contributed by atoms with van der Waals surface area (Å²) in [6.07, 6.45) is 5.64. The van der Waals surface area contributed by atoms with Gasteiger partial charge in [-0.25, -0.2) is 4.79 Å². The van der Waals surface area contributed by atoms with Crippen molar-refractivity contribution < 1.29 is 4.79 Å². The number of allylic oxidation sites excluding steroid dienone is 2. The monoisotopic (exact) mass is 305 g/mol. The second kappa shape index (κ2) is 7.80. The predicted octanol–water partition coefficient (Wildman–Crippen LogP) is 3.74. The van der Waals surface area contributed by atoms with Crippen molar-refractivity contribution >= 4 is 12.7 Å². The molecule has 3 unspecified atom stereocenters. The topological polar surface area (TPSA) is 53.5 Å². The number of rotatable bonds is 6. The van der Waals surface area contributed by atoms with Crippen LogP contribution in [0.2, 0.25) is 0 Å². The van der Waals surface area contributed by atoms with E-state index in [9.17, 15) is 4.79 Å². The van der Waals surface area contributed by atoms with Gasteiger partial charge >= 0.3 is 6.03 Å². The largest absolute Gasteiger partial charge is 0.338 e. The molecule has 3 atom stereocenters. The van der Waals surface area contributed by atoms with Crippen molar-refractivity contribution in [1.29, 1.82) is 0 Å².